The van der Waals surface area contributed by atoms with Gasteiger partial charge in [0.15, 0.2) is 0 Å². The molecule has 0 aliphatic carbocycles. The van der Waals surface area contributed by atoms with Gasteiger partial charge in [0.2, 0.25) is 0 Å². The number of rotatable bonds is 6. The predicted octanol–water partition coefficient (Wildman–Crippen LogP) is 5.24. The molecule has 0 aliphatic heterocycles. The predicted molar refractivity (Wildman–Crippen MR) is 89.2 cm³/mol. The van der Waals surface area contributed by atoms with E-state index in [-0.39, 0.29) is 0 Å². The molecule has 0 spiro atoms. The maximum Gasteiger partial charge on any atom is 0.0352 e. The minimum Gasteiger partial charge on any atom is -0.310 e. The zero-order chi connectivity index (χ0) is 14.5. The molecule has 1 nitrogen and oxygen atoms in total. The zero-order valence-electron chi connectivity index (χ0n) is 13.2. The summed E-state index contributed by atoms with van der Waals surface area (Å²) in [5.74, 6) is 0.646. The summed E-state index contributed by atoms with van der Waals surface area (Å²) in [6.07, 6.45) is 2.38. The van der Waals surface area contributed by atoms with Crippen LogP contribution >= 0.6 is 0 Å². The summed E-state index contributed by atoms with van der Waals surface area (Å²) in [6.45, 7) is 10.1. The lowest BCUT2D eigenvalue weighted by Gasteiger charge is -2.26. The van der Waals surface area contributed by atoms with Crippen molar-refractivity contribution < 1.29 is 0 Å². The maximum absolute atomic E-state index is 3.75. The highest BCUT2D eigenvalue weighted by atomic mass is 14.9. The Morgan fingerprint density at radius 2 is 1.70 bits per heavy atom. The van der Waals surface area contributed by atoms with Crippen LogP contribution in [0.25, 0.3) is 10.8 Å². The molecule has 0 radical (unpaired) electrons. The first-order valence-electron chi connectivity index (χ1n) is 7.90. The largest absolute Gasteiger partial charge is 0.310 e. The van der Waals surface area contributed by atoms with Crippen LogP contribution in [0.3, 0.4) is 0 Å². The number of benzene rings is 2. The fraction of sp³-hybridized carbons (Fsp3) is 0.474. The minimum atomic E-state index is 0.449. The van der Waals surface area contributed by atoms with Crippen LogP contribution in [0.5, 0.6) is 0 Å². The van der Waals surface area contributed by atoms with Gasteiger partial charge in [-0.15, -0.1) is 0 Å². The normalized spacial score (nSPS) is 14.4. The van der Waals surface area contributed by atoms with Crippen LogP contribution in [0.1, 0.15) is 50.8 Å². The molecule has 2 rings (SSSR count). The molecular weight excluding hydrogens is 242 g/mol. The van der Waals surface area contributed by atoms with E-state index in [0.29, 0.717) is 12.0 Å². The summed E-state index contributed by atoms with van der Waals surface area (Å²) in [4.78, 5) is 0. The Bertz CT molecular complexity index is 559. The minimum absolute atomic E-state index is 0.449. The number of aryl methyl sites for hydroxylation is 1. The van der Waals surface area contributed by atoms with Crippen molar-refractivity contribution in [2.24, 2.45) is 5.92 Å². The topological polar surface area (TPSA) is 12.0 Å². The Morgan fingerprint density at radius 1 is 1.00 bits per heavy atom. The summed E-state index contributed by atoms with van der Waals surface area (Å²) in [5.41, 5.74) is 2.82. The molecule has 0 heterocycles. The smallest absolute Gasteiger partial charge is 0.0352 e. The Labute approximate surface area is 123 Å². The Balaban J connectivity index is 2.50. The van der Waals surface area contributed by atoms with Crippen LogP contribution in [-0.2, 0) is 0 Å². The van der Waals surface area contributed by atoms with Crippen LogP contribution in [0.15, 0.2) is 36.4 Å². The Kier molecular flexibility index (Phi) is 5.19. The quantitative estimate of drug-likeness (QED) is 0.756. The lowest BCUT2D eigenvalue weighted by atomic mass is 9.88. The number of hydrogen-bond donors (Lipinski definition) is 1. The highest BCUT2D eigenvalue weighted by Gasteiger charge is 2.19. The van der Waals surface area contributed by atoms with E-state index in [0.717, 1.165) is 6.54 Å². The van der Waals surface area contributed by atoms with Gasteiger partial charge in [0, 0.05) is 6.04 Å². The average molecular weight is 269 g/mol. The molecule has 0 aliphatic rings. The third-order valence-electron chi connectivity index (χ3n) is 4.34. The molecule has 2 unspecified atom stereocenters. The monoisotopic (exact) mass is 269 g/mol. The van der Waals surface area contributed by atoms with E-state index < -0.39 is 0 Å². The van der Waals surface area contributed by atoms with Crippen LogP contribution in [0.2, 0.25) is 0 Å². The second-order valence-electron chi connectivity index (χ2n) is 5.83. The van der Waals surface area contributed by atoms with Crippen molar-refractivity contribution >= 4 is 10.8 Å². The van der Waals surface area contributed by atoms with Crippen LogP contribution in [0.4, 0.5) is 0 Å². The van der Waals surface area contributed by atoms with E-state index in [1.165, 1.54) is 34.7 Å². The van der Waals surface area contributed by atoms with Crippen molar-refractivity contribution in [2.45, 2.75) is 46.6 Å². The van der Waals surface area contributed by atoms with Crippen molar-refractivity contribution in [3.63, 3.8) is 0 Å². The van der Waals surface area contributed by atoms with Crippen molar-refractivity contribution in [1.82, 2.24) is 5.32 Å². The highest BCUT2D eigenvalue weighted by Crippen LogP contribution is 2.32. The first-order valence-corrected chi connectivity index (χ1v) is 7.90. The summed E-state index contributed by atoms with van der Waals surface area (Å²) in [6, 6.07) is 13.8. The standard InChI is InChI=1S/C19H27N/c1-5-13-20-19(14(3)6-2)18-12-11-15(4)16-9-7-8-10-17(16)18/h7-12,14,19-20H,5-6,13H2,1-4H3. The van der Waals surface area contributed by atoms with Crippen molar-refractivity contribution in [1.29, 1.82) is 0 Å². The van der Waals surface area contributed by atoms with Gasteiger partial charge in [0.1, 0.15) is 0 Å². The molecule has 20 heavy (non-hydrogen) atoms. The van der Waals surface area contributed by atoms with Gasteiger partial charge in [-0.25, -0.2) is 0 Å². The van der Waals surface area contributed by atoms with Gasteiger partial charge in [-0.1, -0.05) is 63.6 Å². The van der Waals surface area contributed by atoms with Gasteiger partial charge in [-0.05, 0) is 47.7 Å². The summed E-state index contributed by atoms with van der Waals surface area (Å²) < 4.78 is 0. The highest BCUT2D eigenvalue weighted by molar-refractivity contribution is 5.88. The van der Waals surface area contributed by atoms with Crippen LogP contribution in [-0.4, -0.2) is 6.54 Å². The zero-order valence-corrected chi connectivity index (χ0v) is 13.2. The van der Waals surface area contributed by atoms with Crippen molar-refractivity contribution in [3.8, 4) is 0 Å². The van der Waals surface area contributed by atoms with E-state index in [1.807, 2.05) is 0 Å². The molecule has 0 fully saturated rings. The molecule has 108 valence electrons. The number of hydrogen-bond acceptors (Lipinski definition) is 1. The summed E-state index contributed by atoms with van der Waals surface area (Å²) in [5, 5.41) is 6.54. The second kappa shape index (κ2) is 6.90. The third kappa shape index (κ3) is 3.04. The summed E-state index contributed by atoms with van der Waals surface area (Å²) in [7, 11) is 0. The maximum atomic E-state index is 3.75. The van der Waals surface area contributed by atoms with E-state index in [2.05, 4.69) is 69.4 Å². The molecular formula is C19H27N. The lowest BCUT2D eigenvalue weighted by molar-refractivity contribution is 0.379. The lowest BCUT2D eigenvalue weighted by Crippen LogP contribution is -2.27. The van der Waals surface area contributed by atoms with E-state index in [9.17, 15) is 0 Å². The molecule has 2 aromatic rings. The van der Waals surface area contributed by atoms with E-state index in [1.54, 1.807) is 0 Å². The molecule has 0 saturated carbocycles. The Hall–Kier alpha value is -1.34. The fourth-order valence-electron chi connectivity index (χ4n) is 2.90. The number of nitrogens with one attached hydrogen (secondary N) is 1. The molecule has 0 saturated heterocycles. The third-order valence-corrected chi connectivity index (χ3v) is 4.34. The van der Waals surface area contributed by atoms with Gasteiger partial charge < -0.3 is 5.32 Å². The first-order chi connectivity index (χ1) is 9.69. The van der Waals surface area contributed by atoms with Crippen LogP contribution < -0.4 is 5.32 Å². The van der Waals surface area contributed by atoms with E-state index >= 15 is 0 Å². The Morgan fingerprint density at radius 3 is 2.35 bits per heavy atom. The molecule has 1 heteroatoms. The number of fused-ring (bicyclic) bond motifs is 1. The van der Waals surface area contributed by atoms with Gasteiger partial charge in [0.05, 0.1) is 0 Å². The fourth-order valence-corrected chi connectivity index (χ4v) is 2.90. The molecule has 0 amide bonds. The molecule has 0 aromatic heterocycles. The molecule has 2 aromatic carbocycles. The second-order valence-corrected chi connectivity index (χ2v) is 5.83. The SMILES string of the molecule is CCCNC(c1ccc(C)c2ccccc12)C(C)CC. The van der Waals surface area contributed by atoms with Crippen LogP contribution in [0, 0.1) is 12.8 Å². The molecule has 0 bridgehead atoms. The first kappa shape index (κ1) is 15.1. The van der Waals surface area contributed by atoms with Gasteiger partial charge in [-0.3, -0.25) is 0 Å². The molecule has 2 atom stereocenters. The van der Waals surface area contributed by atoms with Gasteiger partial charge in [0.25, 0.3) is 0 Å². The van der Waals surface area contributed by atoms with Crippen molar-refractivity contribution in [2.75, 3.05) is 6.54 Å². The average Bonchev–Trinajstić information content (AvgIpc) is 2.49. The summed E-state index contributed by atoms with van der Waals surface area (Å²) >= 11 is 0. The van der Waals surface area contributed by atoms with Gasteiger partial charge in [-0.2, -0.15) is 0 Å². The van der Waals surface area contributed by atoms with Crippen molar-refractivity contribution in [3.05, 3.63) is 47.5 Å². The van der Waals surface area contributed by atoms with E-state index in [4.69, 9.17) is 0 Å². The molecule has 1 N–H and O–H groups in total. The van der Waals surface area contributed by atoms with Gasteiger partial charge >= 0.3 is 0 Å².